The maximum atomic E-state index is 14.0. The van der Waals surface area contributed by atoms with Gasteiger partial charge in [0, 0.05) is 70.7 Å². The molecule has 2 aliphatic heterocycles. The Kier molecular flexibility index (Phi) is 15.1. The zero-order valence-electron chi connectivity index (χ0n) is 31.7. The highest BCUT2D eigenvalue weighted by Gasteiger charge is 2.39. The van der Waals surface area contributed by atoms with Crippen molar-refractivity contribution < 1.29 is 40.5 Å². The largest absolute Gasteiger partial charge is 0.451 e. The lowest BCUT2D eigenvalue weighted by Gasteiger charge is -2.34. The molecule has 21 heteroatoms. The van der Waals surface area contributed by atoms with Crippen LogP contribution in [0.25, 0.3) is 0 Å². The molecular weight excluding hydrogens is 784 g/mol. The van der Waals surface area contributed by atoms with Gasteiger partial charge >= 0.3 is 6.18 Å². The van der Waals surface area contributed by atoms with Gasteiger partial charge in [-0.3, -0.25) is 18.9 Å². The number of rotatable bonds is 18. The number of hydrogen-bond donors (Lipinski definition) is 5. The molecule has 58 heavy (non-hydrogen) atoms. The summed E-state index contributed by atoms with van der Waals surface area (Å²) in [5.41, 5.74) is 1.58. The molecule has 3 amide bonds. The van der Waals surface area contributed by atoms with Gasteiger partial charge in [0.2, 0.25) is 23.6 Å². The minimum atomic E-state index is -4.78. The fraction of sp³-hybridized carbons (Fsp3) is 0.514. The summed E-state index contributed by atoms with van der Waals surface area (Å²) in [6.07, 6.45) is 2.51. The van der Waals surface area contributed by atoms with Crippen molar-refractivity contribution in [1.82, 2.24) is 35.9 Å². The van der Waals surface area contributed by atoms with Crippen LogP contribution < -0.4 is 31.1 Å². The molecule has 17 nitrogen and oxygen atoms in total. The number of nitrogens with zero attached hydrogens (tertiary/aromatic N) is 7. The lowest BCUT2D eigenvalue weighted by molar-refractivity contribution is -0.144. The maximum absolute atomic E-state index is 14.0. The van der Waals surface area contributed by atoms with Crippen molar-refractivity contribution in [3.05, 3.63) is 65.2 Å². The van der Waals surface area contributed by atoms with E-state index in [4.69, 9.17) is 9.81 Å². The monoisotopic (exact) mass is 829 g/mol. The second-order valence-electron chi connectivity index (χ2n) is 14.0. The van der Waals surface area contributed by atoms with E-state index in [-0.39, 0.29) is 47.4 Å². The van der Waals surface area contributed by atoms with Crippen molar-refractivity contribution >= 4 is 45.4 Å². The minimum absolute atomic E-state index is 0.0637. The van der Waals surface area contributed by atoms with Gasteiger partial charge in [0.15, 0.2) is 0 Å². The molecule has 0 bridgehead atoms. The average molecular weight is 830 g/mol. The molecule has 2 saturated heterocycles. The highest BCUT2D eigenvalue weighted by Crippen LogP contribution is 2.34. The van der Waals surface area contributed by atoms with Gasteiger partial charge in [-0.1, -0.05) is 12.1 Å². The van der Waals surface area contributed by atoms with Crippen LogP contribution in [-0.4, -0.2) is 108 Å². The zero-order valence-corrected chi connectivity index (χ0v) is 32.5. The van der Waals surface area contributed by atoms with Crippen molar-refractivity contribution in [2.75, 3.05) is 66.7 Å². The zero-order chi connectivity index (χ0) is 41.7. The predicted octanol–water partition coefficient (Wildman–Crippen LogP) is 2.72. The summed E-state index contributed by atoms with van der Waals surface area (Å²) >= 11 is 0. The second-order valence-corrected chi connectivity index (χ2v) is 15.6. The van der Waals surface area contributed by atoms with E-state index >= 15 is 0 Å². The van der Waals surface area contributed by atoms with Crippen LogP contribution in [0.4, 0.5) is 30.8 Å². The van der Waals surface area contributed by atoms with Crippen LogP contribution in [0.1, 0.15) is 72.3 Å². The molecule has 4 heterocycles. The second kappa shape index (κ2) is 20.2. The third-order valence-corrected chi connectivity index (χ3v) is 10.6. The number of piperidine rings is 1. The number of hydrogen-bond acceptors (Lipinski definition) is 13. The lowest BCUT2D eigenvalue weighted by atomic mass is 9.91. The van der Waals surface area contributed by atoms with E-state index in [0.717, 1.165) is 12.0 Å². The van der Waals surface area contributed by atoms with Gasteiger partial charge in [-0.05, 0) is 68.6 Å². The van der Waals surface area contributed by atoms with Gasteiger partial charge in [-0.25, -0.2) is 19.9 Å². The molecular formula is C37H46F3N11O6S. The van der Waals surface area contributed by atoms with E-state index in [2.05, 4.69) is 47.3 Å². The maximum Gasteiger partial charge on any atom is 0.451 e. The van der Waals surface area contributed by atoms with Crippen molar-refractivity contribution in [3.8, 4) is 6.07 Å². The molecule has 0 radical (unpaired) electrons. The first-order valence-corrected chi connectivity index (χ1v) is 20.6. The first-order chi connectivity index (χ1) is 27.7. The van der Waals surface area contributed by atoms with E-state index in [0.29, 0.717) is 89.8 Å². The van der Waals surface area contributed by atoms with Crippen LogP contribution in [0.5, 0.6) is 0 Å². The van der Waals surface area contributed by atoms with Gasteiger partial charge in [-0.15, -0.1) is 0 Å². The van der Waals surface area contributed by atoms with Crippen molar-refractivity contribution in [1.29, 1.82) is 5.26 Å². The SMILES string of the molecule is N#Cc1ccc(CCNC(=O)[C@@H]2CCCN2c2cc(N3CCC(CCCC(=O)NCCNc4ncc(C(=O)NCCS(=O)(=O)O)cn4)CC3)nc(C(F)(F)F)n2)cc1. The topological polar surface area (TPSA) is 236 Å². The summed E-state index contributed by atoms with van der Waals surface area (Å²) in [6.45, 7) is 2.02. The van der Waals surface area contributed by atoms with E-state index in [9.17, 15) is 36.0 Å². The number of halogens is 3. The minimum Gasteiger partial charge on any atom is -0.356 e. The number of nitrogens with one attached hydrogen (secondary N) is 4. The number of alkyl halides is 3. The average Bonchev–Trinajstić information content (AvgIpc) is 3.70. The molecule has 3 aromatic rings. The fourth-order valence-electron chi connectivity index (χ4n) is 6.76. The van der Waals surface area contributed by atoms with Crippen molar-refractivity contribution in [2.45, 2.75) is 63.6 Å². The Balaban J connectivity index is 1.03. The number of carbonyl (C=O) groups is 3. The molecule has 0 unspecified atom stereocenters. The fourth-order valence-corrected chi connectivity index (χ4v) is 7.12. The van der Waals surface area contributed by atoms with Gasteiger partial charge in [0.25, 0.3) is 16.0 Å². The van der Waals surface area contributed by atoms with Gasteiger partial charge in [0.1, 0.15) is 17.7 Å². The van der Waals surface area contributed by atoms with Crippen LogP contribution in [-0.2, 0) is 32.3 Å². The molecule has 2 fully saturated rings. The Morgan fingerprint density at radius 1 is 0.914 bits per heavy atom. The van der Waals surface area contributed by atoms with Crippen molar-refractivity contribution in [2.24, 2.45) is 5.92 Å². The quantitative estimate of drug-likeness (QED) is 0.0917. The Morgan fingerprint density at radius 2 is 1.62 bits per heavy atom. The van der Waals surface area contributed by atoms with E-state index < -0.39 is 39.8 Å². The summed E-state index contributed by atoms with van der Waals surface area (Å²) in [7, 11) is -4.20. The Hall–Kier alpha value is -5.62. The van der Waals surface area contributed by atoms with Gasteiger partial charge in [0.05, 0.1) is 22.9 Å². The van der Waals surface area contributed by atoms with Crippen molar-refractivity contribution in [3.63, 3.8) is 0 Å². The predicted molar refractivity (Wildman–Crippen MR) is 206 cm³/mol. The third-order valence-electron chi connectivity index (χ3n) is 9.84. The Bertz CT molecular complexity index is 2030. The van der Waals surface area contributed by atoms with Crippen LogP contribution in [0.3, 0.4) is 0 Å². The number of carbonyl (C=O) groups excluding carboxylic acids is 3. The molecule has 312 valence electrons. The summed E-state index contributed by atoms with van der Waals surface area (Å²) in [5.74, 6) is -2.15. The molecule has 2 aromatic heterocycles. The number of nitriles is 1. The molecule has 1 aromatic carbocycles. The first-order valence-electron chi connectivity index (χ1n) is 19.0. The standard InChI is InChI=1S/C37H46F3N11O6S/c38-37(39,40)35-48-30(21-31(49-35)51-17-2-4-29(51)34(54)43-13-10-26-6-8-27(22-41)9-7-26)50-18-11-25(12-19-50)3-1-5-32(52)42-14-15-45-36-46-23-28(24-47-36)33(53)44-16-20-58(55,56)57/h6-9,21,23-25,29H,1-5,10-20H2,(H,42,52)(H,43,54)(H,44,53)(H,45,46,47)(H,55,56,57)/t29-/m0/s1. The number of benzene rings is 1. The van der Waals surface area contributed by atoms with Gasteiger partial charge < -0.3 is 31.1 Å². The van der Waals surface area contributed by atoms with Crippen LogP contribution in [0.15, 0.2) is 42.7 Å². The molecule has 5 rings (SSSR count). The number of anilines is 3. The summed E-state index contributed by atoms with van der Waals surface area (Å²) in [6, 6.07) is 9.97. The molecule has 0 spiro atoms. The van der Waals surface area contributed by atoms with Crippen LogP contribution in [0, 0.1) is 17.2 Å². The Morgan fingerprint density at radius 3 is 2.29 bits per heavy atom. The molecule has 5 N–H and O–H groups in total. The van der Waals surface area contributed by atoms with E-state index in [1.807, 2.05) is 17.0 Å². The molecule has 2 aliphatic rings. The number of aromatic nitrogens is 4. The first kappa shape index (κ1) is 43.5. The van der Waals surface area contributed by atoms with Crippen LogP contribution in [0.2, 0.25) is 0 Å². The smallest absolute Gasteiger partial charge is 0.356 e. The summed E-state index contributed by atoms with van der Waals surface area (Å²) in [4.78, 5) is 56.9. The Labute approximate surface area is 334 Å². The third kappa shape index (κ3) is 13.2. The summed E-state index contributed by atoms with van der Waals surface area (Å²) in [5, 5.41) is 20.0. The van der Waals surface area contributed by atoms with Crippen LogP contribution >= 0.6 is 0 Å². The highest BCUT2D eigenvalue weighted by molar-refractivity contribution is 7.85. The number of amides is 3. The highest BCUT2D eigenvalue weighted by atomic mass is 32.2. The van der Waals surface area contributed by atoms with Gasteiger partial charge in [-0.2, -0.15) is 26.9 Å². The summed E-state index contributed by atoms with van der Waals surface area (Å²) < 4.78 is 72.4. The normalized spacial score (nSPS) is 16.1. The molecule has 1 atom stereocenters. The lowest BCUT2D eigenvalue weighted by Crippen LogP contribution is -2.44. The van der Waals surface area contributed by atoms with E-state index in [1.54, 1.807) is 17.0 Å². The molecule has 0 aliphatic carbocycles. The molecule has 0 saturated carbocycles. The van der Waals surface area contributed by atoms with E-state index in [1.165, 1.54) is 18.5 Å².